The lowest BCUT2D eigenvalue weighted by molar-refractivity contribution is -0.180. The minimum absolute atomic E-state index is 0.0395. The maximum Gasteiger partial charge on any atom is 0.227 e. The molecule has 1 amide bonds. The number of carbonyl (C=O) groups excluding carboxylic acids is 2. The van der Waals surface area contributed by atoms with Gasteiger partial charge in [0.05, 0.1) is 12.1 Å². The fourth-order valence-corrected chi connectivity index (χ4v) is 4.99. The van der Waals surface area contributed by atoms with Gasteiger partial charge in [0, 0.05) is 31.0 Å². The molecular formula is C18H18N2O3. The number of fused-ring (bicyclic) bond motifs is 4. The molecule has 4 heterocycles. The van der Waals surface area contributed by atoms with Gasteiger partial charge >= 0.3 is 0 Å². The molecule has 5 heteroatoms. The Hall–Kier alpha value is -2.14. The van der Waals surface area contributed by atoms with Crippen LogP contribution in [0.4, 0.5) is 0 Å². The number of nitrogens with one attached hydrogen (secondary N) is 1. The van der Waals surface area contributed by atoms with Crippen LogP contribution in [-0.2, 0) is 26.3 Å². The zero-order valence-electron chi connectivity index (χ0n) is 13.0. The minimum Gasteiger partial charge on any atom is -0.369 e. The van der Waals surface area contributed by atoms with Crippen LogP contribution in [0.5, 0.6) is 0 Å². The van der Waals surface area contributed by atoms with E-state index < -0.39 is 11.6 Å². The molecule has 118 valence electrons. The van der Waals surface area contributed by atoms with Crippen molar-refractivity contribution >= 4 is 22.6 Å². The van der Waals surface area contributed by atoms with Crippen LogP contribution in [0.3, 0.4) is 0 Å². The fraction of sp³-hybridized carbons (Fsp3) is 0.444. The first-order valence-electron chi connectivity index (χ1n) is 8.11. The molecule has 1 aliphatic carbocycles. The number of carbonyl (C=O) groups is 2. The van der Waals surface area contributed by atoms with Crippen LogP contribution in [0, 0.1) is 5.92 Å². The number of aromatic amines is 1. The third-order valence-electron chi connectivity index (χ3n) is 5.84. The Kier molecular flexibility index (Phi) is 2.45. The molecule has 4 bridgehead atoms. The van der Waals surface area contributed by atoms with Gasteiger partial charge in [0.25, 0.3) is 0 Å². The number of ether oxygens (including phenoxy) is 1. The first kappa shape index (κ1) is 13.3. The molecule has 23 heavy (non-hydrogen) atoms. The summed E-state index contributed by atoms with van der Waals surface area (Å²) >= 11 is 0. The maximum atomic E-state index is 12.8. The summed E-state index contributed by atoms with van der Waals surface area (Å²) in [6, 6.07) is 7.52. The second kappa shape index (κ2) is 4.23. The van der Waals surface area contributed by atoms with Crippen LogP contribution in [0.2, 0.25) is 0 Å². The van der Waals surface area contributed by atoms with Gasteiger partial charge in [-0.05, 0) is 24.0 Å². The van der Waals surface area contributed by atoms with Gasteiger partial charge in [-0.25, -0.2) is 0 Å². The number of H-pyrrole nitrogens is 1. The number of piperidine rings is 2. The maximum absolute atomic E-state index is 12.8. The molecule has 5 nitrogen and oxygen atoms in total. The molecule has 2 unspecified atom stereocenters. The Labute approximate surface area is 133 Å². The highest BCUT2D eigenvalue weighted by Crippen LogP contribution is 2.51. The predicted molar refractivity (Wildman–Crippen MR) is 83.9 cm³/mol. The summed E-state index contributed by atoms with van der Waals surface area (Å²) in [6.45, 7) is 0.683. The van der Waals surface area contributed by atoms with E-state index in [0.717, 1.165) is 28.6 Å². The molecule has 1 N–H and O–H groups in total. The van der Waals surface area contributed by atoms with Crippen molar-refractivity contribution in [1.29, 1.82) is 0 Å². The number of nitrogens with zero attached hydrogens (tertiary/aromatic N) is 1. The number of hydrogen-bond donors (Lipinski definition) is 1. The summed E-state index contributed by atoms with van der Waals surface area (Å²) in [5.74, 6) is 0.362. The van der Waals surface area contributed by atoms with Crippen LogP contribution in [-0.4, -0.2) is 41.3 Å². The second-order valence-corrected chi connectivity index (χ2v) is 6.98. The monoisotopic (exact) mass is 310 g/mol. The molecule has 0 radical (unpaired) electrons. The number of Topliss-reactive ketones (excluding diaryl/α,β-unsaturated/α-hetero) is 1. The Morgan fingerprint density at radius 3 is 2.91 bits per heavy atom. The highest BCUT2D eigenvalue weighted by Gasteiger charge is 2.61. The van der Waals surface area contributed by atoms with E-state index in [9.17, 15) is 9.59 Å². The average Bonchev–Trinajstić information content (AvgIpc) is 2.90. The van der Waals surface area contributed by atoms with E-state index in [1.54, 1.807) is 12.0 Å². The summed E-state index contributed by atoms with van der Waals surface area (Å²) < 4.78 is 5.99. The molecule has 3 atom stereocenters. The lowest BCUT2D eigenvalue weighted by atomic mass is 9.67. The van der Waals surface area contributed by atoms with Crippen molar-refractivity contribution in [3.05, 3.63) is 35.5 Å². The normalized spacial score (nSPS) is 32.3. The summed E-state index contributed by atoms with van der Waals surface area (Å²) in [5, 5.41) is 1.06. The zero-order chi connectivity index (χ0) is 15.8. The number of para-hydroxylation sites is 1. The van der Waals surface area contributed by atoms with E-state index in [-0.39, 0.29) is 17.6 Å². The van der Waals surface area contributed by atoms with Gasteiger partial charge in [-0.15, -0.1) is 0 Å². The lowest BCUT2D eigenvalue weighted by Gasteiger charge is -2.53. The Morgan fingerprint density at radius 1 is 1.30 bits per heavy atom. The number of hydrogen-bond acceptors (Lipinski definition) is 3. The number of amides is 1. The summed E-state index contributed by atoms with van der Waals surface area (Å²) in [5.41, 5.74) is 2.21. The summed E-state index contributed by atoms with van der Waals surface area (Å²) in [7, 11) is 1.66. The molecule has 3 aliphatic heterocycles. The van der Waals surface area contributed by atoms with E-state index in [1.807, 2.05) is 24.3 Å². The smallest absolute Gasteiger partial charge is 0.227 e. The second-order valence-electron chi connectivity index (χ2n) is 6.98. The van der Waals surface area contributed by atoms with Crippen LogP contribution in [0.25, 0.3) is 10.9 Å². The first-order valence-corrected chi connectivity index (χ1v) is 8.11. The topological polar surface area (TPSA) is 62.4 Å². The molecule has 4 aliphatic rings. The van der Waals surface area contributed by atoms with Crippen LogP contribution in [0.15, 0.2) is 24.3 Å². The third kappa shape index (κ3) is 1.51. The van der Waals surface area contributed by atoms with Gasteiger partial charge in [0.15, 0.2) is 5.78 Å². The van der Waals surface area contributed by atoms with Crippen molar-refractivity contribution in [3.63, 3.8) is 0 Å². The van der Waals surface area contributed by atoms with E-state index >= 15 is 0 Å². The average molecular weight is 310 g/mol. The van der Waals surface area contributed by atoms with Gasteiger partial charge in [-0.2, -0.15) is 0 Å². The van der Waals surface area contributed by atoms with Gasteiger partial charge in [0.1, 0.15) is 11.6 Å². The number of benzene rings is 1. The minimum atomic E-state index is -0.723. The number of ketones is 1. The van der Waals surface area contributed by atoms with Gasteiger partial charge in [-0.3, -0.25) is 9.59 Å². The molecule has 1 aromatic heterocycles. The Balaban J connectivity index is 1.85. The van der Waals surface area contributed by atoms with Crippen molar-refractivity contribution in [2.75, 3.05) is 13.7 Å². The van der Waals surface area contributed by atoms with Crippen LogP contribution in [0.1, 0.15) is 24.1 Å². The van der Waals surface area contributed by atoms with Crippen molar-refractivity contribution in [2.45, 2.75) is 30.9 Å². The third-order valence-corrected chi connectivity index (χ3v) is 5.84. The van der Waals surface area contributed by atoms with Crippen molar-refractivity contribution in [2.24, 2.45) is 5.92 Å². The molecule has 1 saturated carbocycles. The summed E-state index contributed by atoms with van der Waals surface area (Å²) in [4.78, 5) is 30.7. The highest BCUT2D eigenvalue weighted by molar-refractivity contribution is 5.97. The van der Waals surface area contributed by atoms with Gasteiger partial charge in [0.2, 0.25) is 5.91 Å². The molecule has 1 aromatic carbocycles. The quantitative estimate of drug-likeness (QED) is 0.873. The van der Waals surface area contributed by atoms with E-state index in [4.69, 9.17) is 4.74 Å². The largest absolute Gasteiger partial charge is 0.369 e. The molecule has 0 spiro atoms. The first-order chi connectivity index (χ1) is 11.1. The van der Waals surface area contributed by atoms with Crippen molar-refractivity contribution in [3.8, 4) is 0 Å². The number of aromatic nitrogens is 1. The standard InChI is InChI=1S/C18H18N2O3/c1-23-18-8-10-6-14(21)17(18)20(9-10)15(22)7-12-11-4-2-3-5-13(11)19-16(12)18/h2-5,10,17,19H,6-9H2,1H3/t10?,17-,18?/m0/s1. The molecule has 3 fully saturated rings. The lowest BCUT2D eigenvalue weighted by Crippen LogP contribution is -2.66. The van der Waals surface area contributed by atoms with E-state index in [2.05, 4.69) is 4.98 Å². The highest BCUT2D eigenvalue weighted by atomic mass is 16.5. The summed E-state index contributed by atoms with van der Waals surface area (Å²) in [6.07, 6.45) is 1.69. The van der Waals surface area contributed by atoms with Gasteiger partial charge < -0.3 is 14.6 Å². The van der Waals surface area contributed by atoms with Crippen LogP contribution >= 0.6 is 0 Å². The number of methoxy groups -OCH3 is 1. The molecular weight excluding hydrogens is 292 g/mol. The molecule has 2 saturated heterocycles. The molecule has 6 rings (SSSR count). The Morgan fingerprint density at radius 2 is 2.13 bits per heavy atom. The zero-order valence-corrected chi connectivity index (χ0v) is 13.0. The fourth-order valence-electron chi connectivity index (χ4n) is 4.99. The van der Waals surface area contributed by atoms with E-state index in [1.165, 1.54) is 0 Å². The van der Waals surface area contributed by atoms with E-state index in [0.29, 0.717) is 19.4 Å². The molecule has 2 aromatic rings. The van der Waals surface area contributed by atoms with Crippen LogP contribution < -0.4 is 0 Å². The van der Waals surface area contributed by atoms with Gasteiger partial charge in [-0.1, -0.05) is 18.2 Å². The Bertz CT molecular complexity index is 855. The predicted octanol–water partition coefficient (Wildman–Crippen LogP) is 1.76. The SMILES string of the molecule is COC12CC3CC(=O)[C@@H]1N(C3)C(=O)Cc1c2[nH]c2ccccc12. The number of rotatable bonds is 1. The van der Waals surface area contributed by atoms with Crippen molar-refractivity contribution in [1.82, 2.24) is 9.88 Å². The van der Waals surface area contributed by atoms with Crippen molar-refractivity contribution < 1.29 is 14.3 Å².